The molecule has 0 aliphatic heterocycles. The summed E-state index contributed by atoms with van der Waals surface area (Å²) in [4.78, 5) is 34.8. The number of rotatable bonds is 3. The number of nitrogens with one attached hydrogen (secondary N) is 1. The Balaban J connectivity index is 2.48. The number of Topliss-reactive ketones (excluding diaryl/α,β-unsaturated/α-hetero) is 1. The molecule has 0 saturated heterocycles. The standard InChI is InChI=1S/C15H14N4O2/c1-8-4-9(2)19-15(18-8)12(7-16)14(21)11-5-10(3)17-13(20)6-11/h4-6,12H,1-3H3,(H,17,20)/t12-/m1/s1. The molecule has 2 heterocycles. The number of carbonyl (C=O) groups is 1. The maximum atomic E-state index is 12.4. The van der Waals surface area contributed by atoms with Gasteiger partial charge >= 0.3 is 0 Å². The van der Waals surface area contributed by atoms with Gasteiger partial charge in [0.25, 0.3) is 0 Å². The van der Waals surface area contributed by atoms with Gasteiger partial charge in [-0.1, -0.05) is 0 Å². The second-order valence-electron chi connectivity index (χ2n) is 4.85. The molecule has 0 saturated carbocycles. The SMILES string of the molecule is Cc1cc(C)nc([C@H](C#N)C(=O)c2cc(C)[nH]c(=O)c2)n1. The molecule has 6 heteroatoms. The van der Waals surface area contributed by atoms with Crippen LogP contribution in [0.4, 0.5) is 0 Å². The maximum Gasteiger partial charge on any atom is 0.248 e. The third-order valence-electron chi connectivity index (χ3n) is 2.91. The highest BCUT2D eigenvalue weighted by Gasteiger charge is 2.25. The van der Waals surface area contributed by atoms with Crippen molar-refractivity contribution in [2.75, 3.05) is 0 Å². The molecule has 0 unspecified atom stereocenters. The van der Waals surface area contributed by atoms with E-state index in [1.807, 2.05) is 6.07 Å². The van der Waals surface area contributed by atoms with Crippen LogP contribution in [0, 0.1) is 32.1 Å². The molecule has 0 amide bonds. The lowest BCUT2D eigenvalue weighted by Gasteiger charge is -2.09. The van der Waals surface area contributed by atoms with Crippen LogP contribution < -0.4 is 5.56 Å². The van der Waals surface area contributed by atoms with Gasteiger partial charge in [-0.2, -0.15) is 5.26 Å². The van der Waals surface area contributed by atoms with Gasteiger partial charge in [-0.3, -0.25) is 9.59 Å². The number of pyridine rings is 1. The van der Waals surface area contributed by atoms with Crippen LogP contribution in [-0.4, -0.2) is 20.7 Å². The molecule has 1 atom stereocenters. The third-order valence-corrected chi connectivity index (χ3v) is 2.91. The first-order chi connectivity index (χ1) is 9.90. The number of hydrogen-bond acceptors (Lipinski definition) is 5. The molecule has 0 spiro atoms. The number of aryl methyl sites for hydroxylation is 3. The van der Waals surface area contributed by atoms with Crippen molar-refractivity contribution in [1.29, 1.82) is 5.26 Å². The average molecular weight is 282 g/mol. The zero-order valence-corrected chi connectivity index (χ0v) is 12.0. The van der Waals surface area contributed by atoms with Crippen molar-refractivity contribution in [3.8, 4) is 6.07 Å². The smallest absolute Gasteiger partial charge is 0.248 e. The van der Waals surface area contributed by atoms with E-state index in [-0.39, 0.29) is 16.9 Å². The Morgan fingerprint density at radius 1 is 1.19 bits per heavy atom. The summed E-state index contributed by atoms with van der Waals surface area (Å²) in [6.07, 6.45) is 0. The van der Waals surface area contributed by atoms with Crippen LogP contribution in [0.3, 0.4) is 0 Å². The van der Waals surface area contributed by atoms with Gasteiger partial charge in [0, 0.05) is 28.7 Å². The van der Waals surface area contributed by atoms with Crippen LogP contribution in [0.15, 0.2) is 23.0 Å². The molecule has 1 N–H and O–H groups in total. The van der Waals surface area contributed by atoms with Crippen molar-refractivity contribution < 1.29 is 4.79 Å². The lowest BCUT2D eigenvalue weighted by molar-refractivity contribution is 0.0976. The Morgan fingerprint density at radius 3 is 2.33 bits per heavy atom. The van der Waals surface area contributed by atoms with E-state index in [2.05, 4.69) is 15.0 Å². The van der Waals surface area contributed by atoms with E-state index in [9.17, 15) is 14.9 Å². The fourth-order valence-electron chi connectivity index (χ4n) is 2.11. The van der Waals surface area contributed by atoms with Gasteiger partial charge in [0.2, 0.25) is 5.56 Å². The molecule has 106 valence electrons. The number of nitrogens with zero attached hydrogens (tertiary/aromatic N) is 3. The summed E-state index contributed by atoms with van der Waals surface area (Å²) >= 11 is 0. The lowest BCUT2D eigenvalue weighted by atomic mass is 9.98. The molecule has 0 fully saturated rings. The van der Waals surface area contributed by atoms with Gasteiger partial charge in [0.1, 0.15) is 0 Å². The zero-order chi connectivity index (χ0) is 15.6. The predicted octanol–water partition coefficient (Wildman–Crippen LogP) is 1.58. The Labute approximate surface area is 121 Å². The minimum Gasteiger partial charge on any atom is -0.326 e. The molecule has 2 aromatic heterocycles. The van der Waals surface area contributed by atoms with Gasteiger partial charge < -0.3 is 4.98 Å². The second-order valence-corrected chi connectivity index (χ2v) is 4.85. The minimum atomic E-state index is -1.12. The molecular formula is C15H14N4O2. The molecule has 0 aromatic carbocycles. The molecule has 0 aliphatic rings. The van der Waals surface area contributed by atoms with E-state index < -0.39 is 11.7 Å². The summed E-state index contributed by atoms with van der Waals surface area (Å²) in [5.74, 6) is -1.43. The van der Waals surface area contributed by atoms with Gasteiger partial charge in [0.05, 0.1) is 6.07 Å². The Bertz CT molecular complexity index is 782. The number of ketones is 1. The van der Waals surface area contributed by atoms with Crippen LogP contribution in [0.1, 0.15) is 39.2 Å². The number of nitriles is 1. The largest absolute Gasteiger partial charge is 0.326 e. The molecule has 21 heavy (non-hydrogen) atoms. The Hall–Kier alpha value is -2.81. The molecule has 0 bridgehead atoms. The van der Waals surface area contributed by atoms with E-state index >= 15 is 0 Å². The van der Waals surface area contributed by atoms with Gasteiger partial charge in [-0.05, 0) is 32.9 Å². The Kier molecular flexibility index (Phi) is 3.94. The van der Waals surface area contributed by atoms with Crippen molar-refractivity contribution in [3.05, 3.63) is 57.0 Å². The topological polar surface area (TPSA) is 99.5 Å². The molecule has 2 rings (SSSR count). The molecular weight excluding hydrogens is 268 g/mol. The molecule has 6 nitrogen and oxygen atoms in total. The molecule has 0 radical (unpaired) electrons. The van der Waals surface area contributed by atoms with E-state index in [0.29, 0.717) is 17.1 Å². The second kappa shape index (κ2) is 5.67. The summed E-state index contributed by atoms with van der Waals surface area (Å²) in [5, 5.41) is 9.29. The summed E-state index contributed by atoms with van der Waals surface area (Å²) in [7, 11) is 0. The number of aromatic amines is 1. The summed E-state index contributed by atoms with van der Waals surface area (Å²) < 4.78 is 0. The van der Waals surface area contributed by atoms with E-state index in [4.69, 9.17) is 0 Å². The van der Waals surface area contributed by atoms with Gasteiger partial charge in [-0.15, -0.1) is 0 Å². The third kappa shape index (κ3) is 3.20. The highest BCUT2D eigenvalue weighted by atomic mass is 16.1. The maximum absolute atomic E-state index is 12.4. The van der Waals surface area contributed by atoms with Crippen molar-refractivity contribution in [1.82, 2.24) is 15.0 Å². The van der Waals surface area contributed by atoms with Crippen LogP contribution in [0.2, 0.25) is 0 Å². The van der Waals surface area contributed by atoms with Crippen LogP contribution >= 0.6 is 0 Å². The van der Waals surface area contributed by atoms with Crippen molar-refractivity contribution >= 4 is 5.78 Å². The zero-order valence-electron chi connectivity index (χ0n) is 12.0. The lowest BCUT2D eigenvalue weighted by Crippen LogP contribution is -2.18. The van der Waals surface area contributed by atoms with Gasteiger partial charge in [-0.25, -0.2) is 9.97 Å². The quantitative estimate of drug-likeness (QED) is 0.861. The first kappa shape index (κ1) is 14.6. The number of hydrogen-bond donors (Lipinski definition) is 1. The van der Waals surface area contributed by atoms with Gasteiger partial charge in [0.15, 0.2) is 17.5 Å². The van der Waals surface area contributed by atoms with E-state index in [1.165, 1.54) is 12.1 Å². The average Bonchev–Trinajstić information content (AvgIpc) is 2.37. The first-order valence-corrected chi connectivity index (χ1v) is 6.37. The highest BCUT2D eigenvalue weighted by Crippen LogP contribution is 2.17. The fraction of sp³-hybridized carbons (Fsp3) is 0.267. The summed E-state index contributed by atoms with van der Waals surface area (Å²) in [5.41, 5.74) is 1.74. The molecule has 2 aromatic rings. The van der Waals surface area contributed by atoms with Crippen molar-refractivity contribution in [2.45, 2.75) is 26.7 Å². The highest BCUT2D eigenvalue weighted by molar-refractivity contribution is 6.02. The number of H-pyrrole nitrogens is 1. The monoisotopic (exact) mass is 282 g/mol. The Morgan fingerprint density at radius 2 is 1.81 bits per heavy atom. The molecule has 0 aliphatic carbocycles. The van der Waals surface area contributed by atoms with Crippen LogP contribution in [-0.2, 0) is 0 Å². The summed E-state index contributed by atoms with van der Waals surface area (Å²) in [6, 6.07) is 6.41. The van der Waals surface area contributed by atoms with Crippen molar-refractivity contribution in [3.63, 3.8) is 0 Å². The minimum absolute atomic E-state index is 0.165. The van der Waals surface area contributed by atoms with Crippen LogP contribution in [0.5, 0.6) is 0 Å². The van der Waals surface area contributed by atoms with Crippen molar-refractivity contribution in [2.24, 2.45) is 0 Å². The van der Waals surface area contributed by atoms with Crippen LogP contribution in [0.25, 0.3) is 0 Å². The first-order valence-electron chi connectivity index (χ1n) is 6.37. The number of aromatic nitrogens is 3. The predicted molar refractivity (Wildman–Crippen MR) is 76.0 cm³/mol. The fourth-order valence-corrected chi connectivity index (χ4v) is 2.11. The normalized spacial score (nSPS) is 11.7. The summed E-state index contributed by atoms with van der Waals surface area (Å²) in [6.45, 7) is 5.22. The van der Waals surface area contributed by atoms with E-state index in [0.717, 1.165) is 0 Å². The number of carbonyl (C=O) groups excluding carboxylic acids is 1. The van der Waals surface area contributed by atoms with E-state index in [1.54, 1.807) is 26.8 Å².